The third-order valence-corrected chi connectivity index (χ3v) is 2.75. The Balaban J connectivity index is 2.13. The molecule has 1 aromatic carbocycles. The molecule has 94 valence electrons. The van der Waals surface area contributed by atoms with Crippen molar-refractivity contribution >= 4 is 17.5 Å². The minimum Gasteiger partial charge on any atom is -0.331 e. The molecular formula is C14H10ClN3O. The molecule has 4 nitrogen and oxygen atoms in total. The van der Waals surface area contributed by atoms with Gasteiger partial charge in [0.2, 0.25) is 0 Å². The number of hydrogen-bond donors (Lipinski definition) is 1. The van der Waals surface area contributed by atoms with Gasteiger partial charge in [0.25, 0.3) is 5.91 Å². The van der Waals surface area contributed by atoms with E-state index in [-0.39, 0.29) is 5.91 Å². The van der Waals surface area contributed by atoms with Gasteiger partial charge in [-0.25, -0.2) is 0 Å². The van der Waals surface area contributed by atoms with E-state index in [1.165, 1.54) is 0 Å². The maximum atomic E-state index is 12.0. The number of nitrogens with one attached hydrogen (secondary N) is 1. The lowest BCUT2D eigenvalue weighted by molar-refractivity contribution is 0.0944. The van der Waals surface area contributed by atoms with Crippen molar-refractivity contribution in [3.05, 3.63) is 64.9 Å². The molecule has 1 unspecified atom stereocenters. The van der Waals surface area contributed by atoms with Crippen LogP contribution in [0.1, 0.15) is 22.1 Å². The van der Waals surface area contributed by atoms with Crippen LogP contribution in [0.3, 0.4) is 0 Å². The SMILES string of the molecule is N#CC(NC(=O)c1ccc(Cl)cc1)c1ccccn1. The number of benzene rings is 1. The average molecular weight is 272 g/mol. The summed E-state index contributed by atoms with van der Waals surface area (Å²) in [4.78, 5) is 16.0. The van der Waals surface area contributed by atoms with Gasteiger partial charge in [-0.05, 0) is 36.4 Å². The number of nitriles is 1. The fourth-order valence-electron chi connectivity index (χ4n) is 1.53. The van der Waals surface area contributed by atoms with E-state index in [0.29, 0.717) is 16.3 Å². The first kappa shape index (κ1) is 13.1. The Labute approximate surface area is 115 Å². The van der Waals surface area contributed by atoms with E-state index in [1.807, 2.05) is 6.07 Å². The lowest BCUT2D eigenvalue weighted by atomic mass is 10.1. The summed E-state index contributed by atoms with van der Waals surface area (Å²) in [6.07, 6.45) is 1.58. The highest BCUT2D eigenvalue weighted by Gasteiger charge is 2.15. The zero-order valence-corrected chi connectivity index (χ0v) is 10.6. The number of halogens is 1. The number of hydrogen-bond acceptors (Lipinski definition) is 3. The van der Waals surface area contributed by atoms with Gasteiger partial charge in [0.05, 0.1) is 11.8 Å². The topological polar surface area (TPSA) is 65.8 Å². The molecule has 2 rings (SSSR count). The van der Waals surface area contributed by atoms with E-state index in [4.69, 9.17) is 16.9 Å². The minimum atomic E-state index is -0.774. The van der Waals surface area contributed by atoms with Crippen molar-refractivity contribution in [3.63, 3.8) is 0 Å². The molecule has 0 radical (unpaired) electrons. The molecule has 1 N–H and O–H groups in total. The first-order valence-electron chi connectivity index (χ1n) is 5.57. The zero-order chi connectivity index (χ0) is 13.7. The van der Waals surface area contributed by atoms with Gasteiger partial charge in [-0.2, -0.15) is 5.26 Å². The summed E-state index contributed by atoms with van der Waals surface area (Å²) in [5.41, 5.74) is 0.952. The second-order valence-corrected chi connectivity index (χ2v) is 4.23. The highest BCUT2D eigenvalue weighted by molar-refractivity contribution is 6.30. The Morgan fingerprint density at radius 2 is 2.00 bits per heavy atom. The number of rotatable bonds is 3. The van der Waals surface area contributed by atoms with Crippen LogP contribution >= 0.6 is 11.6 Å². The summed E-state index contributed by atoms with van der Waals surface area (Å²) in [7, 11) is 0. The molecule has 0 aliphatic rings. The van der Waals surface area contributed by atoms with Crippen LogP contribution in [-0.4, -0.2) is 10.9 Å². The van der Waals surface area contributed by atoms with Gasteiger partial charge in [-0.1, -0.05) is 17.7 Å². The normalized spacial score (nSPS) is 11.4. The molecular weight excluding hydrogens is 262 g/mol. The van der Waals surface area contributed by atoms with Crippen LogP contribution in [-0.2, 0) is 0 Å². The van der Waals surface area contributed by atoms with Crippen LogP contribution in [0, 0.1) is 11.3 Å². The van der Waals surface area contributed by atoms with Gasteiger partial charge in [0.15, 0.2) is 6.04 Å². The van der Waals surface area contributed by atoms with E-state index in [2.05, 4.69) is 10.3 Å². The van der Waals surface area contributed by atoms with Crippen LogP contribution in [0.2, 0.25) is 5.02 Å². The number of amides is 1. The Bertz CT molecular complexity index is 605. The summed E-state index contributed by atoms with van der Waals surface area (Å²) in [5, 5.41) is 12.3. The van der Waals surface area contributed by atoms with Crippen LogP contribution in [0.5, 0.6) is 0 Å². The van der Waals surface area contributed by atoms with E-state index >= 15 is 0 Å². The fraction of sp³-hybridized carbons (Fsp3) is 0.0714. The Hall–Kier alpha value is -2.38. The maximum absolute atomic E-state index is 12.0. The van der Waals surface area contributed by atoms with Crippen molar-refractivity contribution in [2.75, 3.05) is 0 Å². The summed E-state index contributed by atoms with van der Waals surface area (Å²) in [6, 6.07) is 12.9. The quantitative estimate of drug-likeness (QED) is 0.933. The minimum absolute atomic E-state index is 0.339. The third-order valence-electron chi connectivity index (χ3n) is 2.49. The lowest BCUT2D eigenvalue weighted by Crippen LogP contribution is -2.28. The maximum Gasteiger partial charge on any atom is 0.252 e. The highest BCUT2D eigenvalue weighted by atomic mass is 35.5. The van der Waals surface area contributed by atoms with E-state index in [0.717, 1.165) is 0 Å². The van der Waals surface area contributed by atoms with Crippen molar-refractivity contribution in [1.29, 1.82) is 5.26 Å². The molecule has 5 heteroatoms. The summed E-state index contributed by atoms with van der Waals surface area (Å²) in [6.45, 7) is 0. The molecule has 0 bridgehead atoms. The number of pyridine rings is 1. The fourth-order valence-corrected chi connectivity index (χ4v) is 1.66. The van der Waals surface area contributed by atoms with Crippen molar-refractivity contribution < 1.29 is 4.79 Å². The molecule has 0 aliphatic carbocycles. The molecule has 0 saturated heterocycles. The first-order chi connectivity index (χ1) is 9.20. The number of aromatic nitrogens is 1. The van der Waals surface area contributed by atoms with Crippen molar-refractivity contribution in [2.45, 2.75) is 6.04 Å². The molecule has 1 amide bonds. The van der Waals surface area contributed by atoms with Gasteiger partial charge in [-0.3, -0.25) is 9.78 Å². The second kappa shape index (κ2) is 5.98. The van der Waals surface area contributed by atoms with Gasteiger partial charge in [-0.15, -0.1) is 0 Å². The summed E-state index contributed by atoms with van der Waals surface area (Å²) >= 11 is 5.75. The van der Waals surface area contributed by atoms with Crippen molar-refractivity contribution in [3.8, 4) is 6.07 Å². The van der Waals surface area contributed by atoms with Gasteiger partial charge < -0.3 is 5.32 Å². The largest absolute Gasteiger partial charge is 0.331 e. The van der Waals surface area contributed by atoms with E-state index in [9.17, 15) is 4.79 Å². The van der Waals surface area contributed by atoms with Gasteiger partial charge >= 0.3 is 0 Å². The predicted octanol–water partition coefficient (Wildman–Crippen LogP) is 2.73. The van der Waals surface area contributed by atoms with Crippen LogP contribution in [0.4, 0.5) is 0 Å². The van der Waals surface area contributed by atoms with Crippen molar-refractivity contribution in [1.82, 2.24) is 10.3 Å². The molecule has 0 aliphatic heterocycles. The summed E-state index contributed by atoms with van der Waals surface area (Å²) in [5.74, 6) is -0.339. The second-order valence-electron chi connectivity index (χ2n) is 3.80. The van der Waals surface area contributed by atoms with Gasteiger partial charge in [0.1, 0.15) is 0 Å². The molecule has 1 heterocycles. The van der Waals surface area contributed by atoms with Crippen LogP contribution < -0.4 is 5.32 Å². The lowest BCUT2D eigenvalue weighted by Gasteiger charge is -2.10. The monoisotopic (exact) mass is 271 g/mol. The standard InChI is InChI=1S/C14H10ClN3O/c15-11-6-4-10(5-7-11)14(19)18-13(9-16)12-3-1-2-8-17-12/h1-8,13H,(H,18,19). The molecule has 1 atom stereocenters. The third kappa shape index (κ3) is 3.30. The van der Waals surface area contributed by atoms with E-state index < -0.39 is 6.04 Å². The Morgan fingerprint density at radius 3 is 2.58 bits per heavy atom. The predicted molar refractivity (Wildman–Crippen MR) is 71.5 cm³/mol. The first-order valence-corrected chi connectivity index (χ1v) is 5.95. The Morgan fingerprint density at radius 1 is 1.26 bits per heavy atom. The smallest absolute Gasteiger partial charge is 0.252 e. The van der Waals surface area contributed by atoms with E-state index in [1.54, 1.807) is 48.7 Å². The molecule has 19 heavy (non-hydrogen) atoms. The van der Waals surface area contributed by atoms with Crippen molar-refractivity contribution in [2.24, 2.45) is 0 Å². The van der Waals surface area contributed by atoms with Crippen LogP contribution in [0.25, 0.3) is 0 Å². The molecule has 2 aromatic rings. The molecule has 0 spiro atoms. The van der Waals surface area contributed by atoms with Crippen LogP contribution in [0.15, 0.2) is 48.7 Å². The molecule has 1 aromatic heterocycles. The highest BCUT2D eigenvalue weighted by Crippen LogP contribution is 2.12. The molecule has 0 fully saturated rings. The zero-order valence-electron chi connectivity index (χ0n) is 9.88. The Kier molecular flexibility index (Phi) is 4.11. The summed E-state index contributed by atoms with van der Waals surface area (Å²) < 4.78 is 0. The molecule has 0 saturated carbocycles. The number of carbonyl (C=O) groups is 1. The number of carbonyl (C=O) groups excluding carboxylic acids is 1. The average Bonchev–Trinajstić information content (AvgIpc) is 2.46. The number of nitrogens with zero attached hydrogens (tertiary/aromatic N) is 2. The van der Waals surface area contributed by atoms with Gasteiger partial charge in [0, 0.05) is 16.8 Å².